The Morgan fingerprint density at radius 3 is 2.57 bits per heavy atom. The largest absolute Gasteiger partial charge is 0.496 e. The maximum atomic E-state index is 12.2. The van der Waals surface area contributed by atoms with Crippen molar-refractivity contribution in [1.82, 2.24) is 4.90 Å². The standard InChI is InChI=1S/C13H17F3N2O3/c1-8-6-9(4-5-10(8)21-3)17-12(20)18(2)7-11(19)13(14,15)16/h4-6,11,19H,7H2,1-3H3,(H,17,20). The van der Waals surface area contributed by atoms with Crippen LogP contribution in [-0.2, 0) is 0 Å². The molecular formula is C13H17F3N2O3. The van der Waals surface area contributed by atoms with E-state index < -0.39 is 24.9 Å². The molecule has 1 aromatic rings. The number of likely N-dealkylation sites (N-methyl/N-ethyl adjacent to an activating group) is 1. The van der Waals surface area contributed by atoms with Crippen molar-refractivity contribution in [3.63, 3.8) is 0 Å². The Morgan fingerprint density at radius 1 is 1.48 bits per heavy atom. The molecule has 0 bridgehead atoms. The number of halogens is 3. The minimum atomic E-state index is -4.76. The van der Waals surface area contributed by atoms with Crippen LogP contribution in [0.1, 0.15) is 5.56 Å². The molecule has 0 aliphatic rings. The van der Waals surface area contributed by atoms with Gasteiger partial charge in [-0.2, -0.15) is 13.2 Å². The summed E-state index contributed by atoms with van der Waals surface area (Å²) in [5, 5.41) is 11.4. The van der Waals surface area contributed by atoms with E-state index in [1.54, 1.807) is 25.1 Å². The van der Waals surface area contributed by atoms with Crippen molar-refractivity contribution in [2.45, 2.75) is 19.2 Å². The molecule has 2 N–H and O–H groups in total. The zero-order chi connectivity index (χ0) is 16.2. The van der Waals surface area contributed by atoms with Crippen LogP contribution < -0.4 is 10.1 Å². The van der Waals surface area contributed by atoms with Crippen LogP contribution in [0.3, 0.4) is 0 Å². The van der Waals surface area contributed by atoms with Crippen molar-refractivity contribution in [1.29, 1.82) is 0 Å². The summed E-state index contributed by atoms with van der Waals surface area (Å²) in [6.07, 6.45) is -7.34. The lowest BCUT2D eigenvalue weighted by atomic mass is 10.2. The van der Waals surface area contributed by atoms with Crippen molar-refractivity contribution in [3.8, 4) is 5.75 Å². The van der Waals surface area contributed by atoms with Crippen molar-refractivity contribution < 1.29 is 27.8 Å². The molecule has 0 spiro atoms. The highest BCUT2D eigenvalue weighted by atomic mass is 19.4. The second-order valence-electron chi connectivity index (χ2n) is 4.55. The highest BCUT2D eigenvalue weighted by molar-refractivity contribution is 5.89. The molecule has 0 heterocycles. The summed E-state index contributed by atoms with van der Waals surface area (Å²) in [6.45, 7) is 0.927. The van der Waals surface area contributed by atoms with Crippen LogP contribution in [0.5, 0.6) is 5.75 Å². The molecule has 1 rings (SSSR count). The predicted octanol–water partition coefficient (Wildman–Crippen LogP) is 2.39. The van der Waals surface area contributed by atoms with Gasteiger partial charge in [-0.3, -0.25) is 0 Å². The number of carbonyl (C=O) groups excluding carboxylic acids is 1. The van der Waals surface area contributed by atoms with E-state index in [9.17, 15) is 18.0 Å². The molecule has 0 aliphatic carbocycles. The average Bonchev–Trinajstić information content (AvgIpc) is 2.37. The number of hydrogen-bond acceptors (Lipinski definition) is 3. The van der Waals surface area contributed by atoms with E-state index >= 15 is 0 Å². The van der Waals surface area contributed by atoms with Crippen LogP contribution in [0.25, 0.3) is 0 Å². The quantitative estimate of drug-likeness (QED) is 0.898. The van der Waals surface area contributed by atoms with E-state index in [0.717, 1.165) is 10.5 Å². The first-order valence-corrected chi connectivity index (χ1v) is 6.06. The molecule has 0 aliphatic heterocycles. The molecule has 1 atom stereocenters. The monoisotopic (exact) mass is 306 g/mol. The second-order valence-corrected chi connectivity index (χ2v) is 4.55. The molecule has 21 heavy (non-hydrogen) atoms. The molecule has 1 aromatic carbocycles. The number of benzene rings is 1. The first-order chi connectivity index (χ1) is 9.65. The van der Waals surface area contributed by atoms with Crippen LogP contribution in [0, 0.1) is 6.92 Å². The van der Waals surface area contributed by atoms with Gasteiger partial charge in [0.15, 0.2) is 6.10 Å². The number of alkyl halides is 3. The Hall–Kier alpha value is -1.96. The van der Waals surface area contributed by atoms with E-state index in [0.29, 0.717) is 11.4 Å². The Bertz CT molecular complexity index is 506. The van der Waals surface area contributed by atoms with Gasteiger partial charge in [-0.15, -0.1) is 0 Å². The van der Waals surface area contributed by atoms with Crippen molar-refractivity contribution >= 4 is 11.7 Å². The number of urea groups is 1. The maximum Gasteiger partial charge on any atom is 0.416 e. The third kappa shape index (κ3) is 4.82. The number of ether oxygens (including phenoxy) is 1. The van der Waals surface area contributed by atoms with E-state index in [1.807, 2.05) is 0 Å². The Morgan fingerprint density at radius 2 is 2.10 bits per heavy atom. The number of aliphatic hydroxyl groups excluding tert-OH is 1. The molecule has 0 saturated heterocycles. The number of nitrogens with one attached hydrogen (secondary N) is 1. The van der Waals surface area contributed by atoms with Crippen LogP contribution in [-0.4, -0.2) is 49.0 Å². The van der Waals surface area contributed by atoms with Gasteiger partial charge in [0.25, 0.3) is 0 Å². The fourth-order valence-electron chi connectivity index (χ4n) is 1.62. The van der Waals surface area contributed by atoms with Crippen LogP contribution in [0.4, 0.5) is 23.7 Å². The van der Waals surface area contributed by atoms with Crippen molar-refractivity contribution in [2.24, 2.45) is 0 Å². The van der Waals surface area contributed by atoms with Gasteiger partial charge in [0, 0.05) is 12.7 Å². The fraction of sp³-hybridized carbons (Fsp3) is 0.462. The fourth-order valence-corrected chi connectivity index (χ4v) is 1.62. The highest BCUT2D eigenvalue weighted by Crippen LogP contribution is 2.22. The summed E-state index contributed by atoms with van der Waals surface area (Å²) >= 11 is 0. The first kappa shape index (κ1) is 17.1. The summed E-state index contributed by atoms with van der Waals surface area (Å²) in [5.41, 5.74) is 1.19. The molecular weight excluding hydrogens is 289 g/mol. The van der Waals surface area contributed by atoms with E-state index in [2.05, 4.69) is 5.32 Å². The molecule has 5 nitrogen and oxygen atoms in total. The number of rotatable bonds is 4. The zero-order valence-electron chi connectivity index (χ0n) is 11.9. The molecule has 0 radical (unpaired) electrons. The number of amides is 2. The van der Waals surface area contributed by atoms with Gasteiger partial charge >= 0.3 is 12.2 Å². The molecule has 2 amide bonds. The Labute approximate surface area is 120 Å². The second kappa shape index (κ2) is 6.66. The van der Waals surface area contributed by atoms with E-state index in [-0.39, 0.29) is 0 Å². The van der Waals surface area contributed by atoms with Crippen molar-refractivity contribution in [3.05, 3.63) is 23.8 Å². The first-order valence-electron chi connectivity index (χ1n) is 6.06. The normalized spacial score (nSPS) is 12.7. The summed E-state index contributed by atoms with van der Waals surface area (Å²) < 4.78 is 41.7. The SMILES string of the molecule is COc1ccc(NC(=O)N(C)CC(O)C(F)(F)F)cc1C. The molecule has 0 fully saturated rings. The number of nitrogens with zero attached hydrogens (tertiary/aromatic N) is 1. The lowest BCUT2D eigenvalue weighted by Crippen LogP contribution is -2.43. The average molecular weight is 306 g/mol. The molecule has 118 valence electrons. The zero-order valence-corrected chi connectivity index (χ0v) is 11.9. The van der Waals surface area contributed by atoms with Crippen LogP contribution in [0.2, 0.25) is 0 Å². The van der Waals surface area contributed by atoms with Crippen molar-refractivity contribution in [2.75, 3.05) is 26.0 Å². The van der Waals surface area contributed by atoms with Gasteiger partial charge in [0.1, 0.15) is 5.75 Å². The van der Waals surface area contributed by atoms with Gasteiger partial charge in [-0.05, 0) is 30.7 Å². The van der Waals surface area contributed by atoms with Gasteiger partial charge in [-0.1, -0.05) is 0 Å². The van der Waals surface area contributed by atoms with Crippen LogP contribution in [0.15, 0.2) is 18.2 Å². The minimum absolute atomic E-state index is 0.423. The number of hydrogen-bond donors (Lipinski definition) is 2. The summed E-state index contributed by atoms with van der Waals surface area (Å²) in [4.78, 5) is 12.5. The van der Waals surface area contributed by atoms with Gasteiger partial charge in [-0.25, -0.2) is 4.79 Å². The molecule has 8 heteroatoms. The Kier molecular flexibility index (Phi) is 5.42. The third-order valence-corrected chi connectivity index (χ3v) is 2.82. The highest BCUT2D eigenvalue weighted by Gasteiger charge is 2.39. The lowest BCUT2D eigenvalue weighted by Gasteiger charge is -2.22. The third-order valence-electron chi connectivity index (χ3n) is 2.82. The van der Waals surface area contributed by atoms with Gasteiger partial charge < -0.3 is 20.1 Å². The maximum absolute atomic E-state index is 12.2. The van der Waals surface area contributed by atoms with E-state index in [1.165, 1.54) is 14.2 Å². The number of aryl methyl sites for hydroxylation is 1. The van der Waals surface area contributed by atoms with Gasteiger partial charge in [0.2, 0.25) is 0 Å². The number of anilines is 1. The lowest BCUT2D eigenvalue weighted by molar-refractivity contribution is -0.205. The summed E-state index contributed by atoms with van der Waals surface area (Å²) in [7, 11) is 2.67. The number of methoxy groups -OCH3 is 1. The van der Waals surface area contributed by atoms with E-state index in [4.69, 9.17) is 9.84 Å². The molecule has 0 saturated carbocycles. The predicted molar refractivity (Wildman–Crippen MR) is 71.4 cm³/mol. The van der Waals surface area contributed by atoms with Crippen LogP contribution >= 0.6 is 0 Å². The topological polar surface area (TPSA) is 61.8 Å². The Balaban J connectivity index is 2.66. The number of carbonyl (C=O) groups is 1. The molecule has 0 aromatic heterocycles. The summed E-state index contributed by atoms with van der Waals surface area (Å²) in [6, 6.07) is 4.08. The smallest absolute Gasteiger partial charge is 0.416 e. The number of aliphatic hydroxyl groups is 1. The van der Waals surface area contributed by atoms with Gasteiger partial charge in [0.05, 0.1) is 13.7 Å². The summed E-state index contributed by atoms with van der Waals surface area (Å²) in [5.74, 6) is 0.633. The minimum Gasteiger partial charge on any atom is -0.496 e. The molecule has 1 unspecified atom stereocenters.